The standard InChI is InChI=1S/C14H21N3O2/c1-9-7-10(2)13(11(3)8-9)16-14(18)19-12-5-4-6-17(12)15/h7-8,12H,4-6,15H2,1-3H3,(H,16,18). The number of aryl methyl sites for hydroxylation is 3. The van der Waals surface area contributed by atoms with Crippen LogP contribution >= 0.6 is 0 Å². The van der Waals surface area contributed by atoms with E-state index in [4.69, 9.17) is 10.6 Å². The van der Waals surface area contributed by atoms with E-state index >= 15 is 0 Å². The van der Waals surface area contributed by atoms with Crippen molar-refractivity contribution in [2.75, 3.05) is 11.9 Å². The van der Waals surface area contributed by atoms with Crippen molar-refractivity contribution in [1.29, 1.82) is 0 Å². The van der Waals surface area contributed by atoms with E-state index in [9.17, 15) is 4.79 Å². The number of nitrogens with one attached hydrogen (secondary N) is 1. The summed E-state index contributed by atoms with van der Waals surface area (Å²) in [6.07, 6.45) is 0.982. The second kappa shape index (κ2) is 5.59. The van der Waals surface area contributed by atoms with E-state index in [-0.39, 0.29) is 6.23 Å². The number of benzene rings is 1. The molecule has 5 heteroatoms. The molecule has 2 rings (SSSR count). The number of hydrogen-bond acceptors (Lipinski definition) is 4. The van der Waals surface area contributed by atoms with Crippen LogP contribution in [0.2, 0.25) is 0 Å². The molecule has 0 aliphatic carbocycles. The van der Waals surface area contributed by atoms with Crippen LogP contribution in [0.15, 0.2) is 12.1 Å². The molecule has 0 saturated carbocycles. The predicted molar refractivity (Wildman–Crippen MR) is 74.7 cm³/mol. The third kappa shape index (κ3) is 3.24. The van der Waals surface area contributed by atoms with Gasteiger partial charge >= 0.3 is 6.09 Å². The van der Waals surface area contributed by atoms with E-state index in [2.05, 4.69) is 5.32 Å². The molecule has 1 atom stereocenters. The third-order valence-electron chi connectivity index (χ3n) is 3.38. The molecule has 5 nitrogen and oxygen atoms in total. The first-order valence-electron chi connectivity index (χ1n) is 6.54. The Labute approximate surface area is 113 Å². The van der Waals surface area contributed by atoms with Crippen molar-refractivity contribution in [3.05, 3.63) is 28.8 Å². The van der Waals surface area contributed by atoms with Crippen molar-refractivity contribution in [1.82, 2.24) is 5.01 Å². The number of nitrogens with zero attached hydrogens (tertiary/aromatic N) is 1. The SMILES string of the molecule is Cc1cc(C)c(NC(=O)OC2CCCN2N)c(C)c1. The largest absolute Gasteiger partial charge is 0.429 e. The van der Waals surface area contributed by atoms with Gasteiger partial charge < -0.3 is 4.74 Å². The first-order valence-corrected chi connectivity index (χ1v) is 6.54. The highest BCUT2D eigenvalue weighted by atomic mass is 16.6. The second-order valence-corrected chi connectivity index (χ2v) is 5.14. The Hall–Kier alpha value is -1.59. The summed E-state index contributed by atoms with van der Waals surface area (Å²) in [7, 11) is 0. The zero-order valence-electron chi connectivity index (χ0n) is 11.7. The lowest BCUT2D eigenvalue weighted by atomic mass is 10.1. The number of ether oxygens (including phenoxy) is 1. The molecule has 1 unspecified atom stereocenters. The molecule has 3 N–H and O–H groups in total. The average Bonchev–Trinajstić information content (AvgIpc) is 2.69. The molecule has 0 aromatic heterocycles. The molecule has 104 valence electrons. The lowest BCUT2D eigenvalue weighted by Gasteiger charge is -2.20. The van der Waals surface area contributed by atoms with Gasteiger partial charge in [0.15, 0.2) is 6.23 Å². The maximum absolute atomic E-state index is 11.9. The fourth-order valence-electron chi connectivity index (χ4n) is 2.52. The van der Waals surface area contributed by atoms with Gasteiger partial charge in [0.2, 0.25) is 0 Å². The van der Waals surface area contributed by atoms with Gasteiger partial charge in [0, 0.05) is 18.7 Å². The van der Waals surface area contributed by atoms with Crippen LogP contribution < -0.4 is 11.2 Å². The number of amides is 1. The maximum Gasteiger partial charge on any atom is 0.413 e. The Bertz CT molecular complexity index is 465. The van der Waals surface area contributed by atoms with E-state index in [0.29, 0.717) is 0 Å². The zero-order chi connectivity index (χ0) is 14.0. The van der Waals surface area contributed by atoms with E-state index in [0.717, 1.165) is 36.2 Å². The average molecular weight is 263 g/mol. The first-order chi connectivity index (χ1) is 8.97. The summed E-state index contributed by atoms with van der Waals surface area (Å²) >= 11 is 0. The Kier molecular flexibility index (Phi) is 4.07. The molecule has 1 amide bonds. The van der Waals surface area contributed by atoms with Crippen LogP contribution in [-0.2, 0) is 4.74 Å². The summed E-state index contributed by atoms with van der Waals surface area (Å²) in [5.41, 5.74) is 4.06. The summed E-state index contributed by atoms with van der Waals surface area (Å²) in [5, 5.41) is 4.37. The lowest BCUT2D eigenvalue weighted by molar-refractivity contribution is 0.0203. The summed E-state index contributed by atoms with van der Waals surface area (Å²) in [4.78, 5) is 11.9. The Balaban J connectivity index is 2.03. The van der Waals surface area contributed by atoms with Crippen molar-refractivity contribution in [2.24, 2.45) is 5.84 Å². The summed E-state index contributed by atoms with van der Waals surface area (Å²) in [6, 6.07) is 4.07. The normalized spacial score (nSPS) is 19.5. The monoisotopic (exact) mass is 263 g/mol. The second-order valence-electron chi connectivity index (χ2n) is 5.14. The van der Waals surface area contributed by atoms with E-state index in [1.165, 1.54) is 5.56 Å². The molecule has 1 aliphatic heterocycles. The number of carbonyl (C=O) groups is 1. The number of hydrogen-bond donors (Lipinski definition) is 2. The van der Waals surface area contributed by atoms with E-state index in [1.54, 1.807) is 5.01 Å². The van der Waals surface area contributed by atoms with Gasteiger partial charge in [-0.05, 0) is 38.3 Å². The number of nitrogens with two attached hydrogens (primary N) is 1. The smallest absolute Gasteiger partial charge is 0.413 e. The molecule has 0 spiro atoms. The Morgan fingerprint density at radius 3 is 2.53 bits per heavy atom. The highest BCUT2D eigenvalue weighted by Gasteiger charge is 2.25. The molecule has 0 radical (unpaired) electrons. The minimum Gasteiger partial charge on any atom is -0.429 e. The summed E-state index contributed by atoms with van der Waals surface area (Å²) in [5.74, 6) is 5.73. The van der Waals surface area contributed by atoms with E-state index < -0.39 is 6.09 Å². The van der Waals surface area contributed by atoms with Crippen LogP contribution in [0.25, 0.3) is 0 Å². The molecule has 1 saturated heterocycles. The number of anilines is 1. The van der Waals surface area contributed by atoms with Gasteiger partial charge in [-0.3, -0.25) is 11.2 Å². The van der Waals surface area contributed by atoms with Crippen molar-refractivity contribution >= 4 is 11.8 Å². The zero-order valence-corrected chi connectivity index (χ0v) is 11.7. The van der Waals surface area contributed by atoms with Gasteiger partial charge in [0.25, 0.3) is 0 Å². The molecule has 19 heavy (non-hydrogen) atoms. The fourth-order valence-corrected chi connectivity index (χ4v) is 2.52. The van der Waals surface area contributed by atoms with Gasteiger partial charge in [0.05, 0.1) is 0 Å². The van der Waals surface area contributed by atoms with Crippen molar-refractivity contribution in [2.45, 2.75) is 39.8 Å². The summed E-state index contributed by atoms with van der Waals surface area (Å²) < 4.78 is 5.32. The summed E-state index contributed by atoms with van der Waals surface area (Å²) in [6.45, 7) is 6.74. The van der Waals surface area contributed by atoms with Gasteiger partial charge in [0.1, 0.15) is 0 Å². The minimum absolute atomic E-state index is 0.314. The maximum atomic E-state index is 11.9. The number of hydrazine groups is 1. The van der Waals surface area contributed by atoms with Crippen LogP contribution in [-0.4, -0.2) is 23.9 Å². The van der Waals surface area contributed by atoms with Crippen LogP contribution in [0.3, 0.4) is 0 Å². The molecule has 0 bridgehead atoms. The van der Waals surface area contributed by atoms with Crippen molar-refractivity contribution < 1.29 is 9.53 Å². The number of carbonyl (C=O) groups excluding carboxylic acids is 1. The molecule has 1 aromatic carbocycles. The molecule has 1 heterocycles. The Morgan fingerprint density at radius 2 is 2.00 bits per heavy atom. The van der Waals surface area contributed by atoms with Crippen LogP contribution in [0.5, 0.6) is 0 Å². The van der Waals surface area contributed by atoms with Crippen LogP contribution in [0.1, 0.15) is 29.5 Å². The molecule has 1 aromatic rings. The number of rotatable bonds is 2. The van der Waals surface area contributed by atoms with Crippen molar-refractivity contribution in [3.8, 4) is 0 Å². The van der Waals surface area contributed by atoms with Gasteiger partial charge in [-0.25, -0.2) is 9.80 Å². The van der Waals surface area contributed by atoms with Crippen LogP contribution in [0, 0.1) is 20.8 Å². The fraction of sp³-hybridized carbons (Fsp3) is 0.500. The quantitative estimate of drug-likeness (QED) is 0.804. The van der Waals surface area contributed by atoms with Crippen molar-refractivity contribution in [3.63, 3.8) is 0 Å². The van der Waals surface area contributed by atoms with Gasteiger partial charge in [-0.15, -0.1) is 0 Å². The highest BCUT2D eigenvalue weighted by Crippen LogP contribution is 2.23. The first kappa shape index (κ1) is 13.8. The molecular weight excluding hydrogens is 242 g/mol. The van der Waals surface area contributed by atoms with Gasteiger partial charge in [-0.1, -0.05) is 17.7 Å². The third-order valence-corrected chi connectivity index (χ3v) is 3.38. The molecule has 1 aliphatic rings. The van der Waals surface area contributed by atoms with Gasteiger partial charge in [-0.2, -0.15) is 0 Å². The Morgan fingerprint density at radius 1 is 1.37 bits per heavy atom. The molecular formula is C14H21N3O2. The van der Waals surface area contributed by atoms with Crippen LogP contribution in [0.4, 0.5) is 10.5 Å². The van der Waals surface area contributed by atoms with E-state index in [1.807, 2.05) is 32.9 Å². The predicted octanol–water partition coefficient (Wildman–Crippen LogP) is 2.46. The molecule has 1 fully saturated rings. The minimum atomic E-state index is -0.447. The topological polar surface area (TPSA) is 67.6 Å². The highest BCUT2D eigenvalue weighted by molar-refractivity contribution is 5.87. The lowest BCUT2D eigenvalue weighted by Crippen LogP contribution is -2.39.